The Morgan fingerprint density at radius 2 is 2.14 bits per heavy atom. The van der Waals surface area contributed by atoms with Crippen molar-refractivity contribution < 1.29 is 9.90 Å². The Morgan fingerprint density at radius 1 is 1.33 bits per heavy atom. The van der Waals surface area contributed by atoms with Crippen molar-refractivity contribution in [2.75, 3.05) is 11.9 Å². The minimum Gasteiger partial charge on any atom is -0.384 e. The predicted octanol–water partition coefficient (Wildman–Crippen LogP) is 1.92. The lowest BCUT2D eigenvalue weighted by Gasteiger charge is -2.07. The number of aryl methyl sites for hydroxylation is 1. The molecule has 21 heavy (non-hydrogen) atoms. The van der Waals surface area contributed by atoms with Crippen LogP contribution in [-0.2, 0) is 11.2 Å². The van der Waals surface area contributed by atoms with E-state index in [1.807, 2.05) is 31.2 Å². The molecule has 0 saturated heterocycles. The van der Waals surface area contributed by atoms with Gasteiger partial charge >= 0.3 is 0 Å². The fourth-order valence-corrected chi connectivity index (χ4v) is 1.89. The number of hydrogen-bond donors (Lipinski definition) is 2. The van der Waals surface area contributed by atoms with E-state index in [2.05, 4.69) is 22.1 Å². The van der Waals surface area contributed by atoms with Gasteiger partial charge in [-0.2, -0.15) is 0 Å². The molecular formula is C17H16N2O2. The number of aliphatic hydroxyl groups excluding tert-OH is 1. The van der Waals surface area contributed by atoms with Crippen LogP contribution in [0.2, 0.25) is 0 Å². The normalized spacial score (nSPS) is 9.62. The summed E-state index contributed by atoms with van der Waals surface area (Å²) in [5, 5.41) is 11.4. The van der Waals surface area contributed by atoms with Gasteiger partial charge in [0.2, 0.25) is 5.91 Å². The number of rotatable bonds is 3. The van der Waals surface area contributed by atoms with Crippen LogP contribution in [0.25, 0.3) is 0 Å². The fraction of sp³-hybridized carbons (Fsp3) is 0.176. The third-order valence-corrected chi connectivity index (χ3v) is 2.95. The van der Waals surface area contributed by atoms with Crippen molar-refractivity contribution in [3.63, 3.8) is 0 Å². The second kappa shape index (κ2) is 7.22. The first-order valence-corrected chi connectivity index (χ1v) is 6.59. The van der Waals surface area contributed by atoms with E-state index in [0.717, 1.165) is 11.1 Å². The lowest BCUT2D eigenvalue weighted by Crippen LogP contribution is -2.15. The average molecular weight is 280 g/mol. The number of pyridine rings is 1. The van der Waals surface area contributed by atoms with Crippen LogP contribution >= 0.6 is 0 Å². The van der Waals surface area contributed by atoms with Gasteiger partial charge in [-0.3, -0.25) is 4.79 Å². The van der Waals surface area contributed by atoms with Gasteiger partial charge in [-0.15, -0.1) is 0 Å². The van der Waals surface area contributed by atoms with Crippen LogP contribution in [0.5, 0.6) is 0 Å². The molecule has 4 heteroatoms. The van der Waals surface area contributed by atoms with Gasteiger partial charge in [-0.1, -0.05) is 36.1 Å². The highest BCUT2D eigenvalue weighted by molar-refractivity contribution is 5.91. The van der Waals surface area contributed by atoms with Crippen LogP contribution in [0.4, 0.5) is 5.82 Å². The minimum atomic E-state index is -0.197. The van der Waals surface area contributed by atoms with Crippen LogP contribution in [0.15, 0.2) is 42.6 Å². The molecule has 0 saturated carbocycles. The quantitative estimate of drug-likeness (QED) is 0.844. The third kappa shape index (κ3) is 4.44. The summed E-state index contributed by atoms with van der Waals surface area (Å²) in [6.07, 6.45) is 1.88. The number of nitrogens with one attached hydrogen (secondary N) is 1. The second-order valence-corrected chi connectivity index (χ2v) is 4.54. The predicted molar refractivity (Wildman–Crippen MR) is 81.7 cm³/mol. The maximum atomic E-state index is 12.0. The highest BCUT2D eigenvalue weighted by Crippen LogP contribution is 2.10. The Labute approximate surface area is 123 Å². The van der Waals surface area contributed by atoms with Gasteiger partial charge < -0.3 is 10.4 Å². The molecule has 1 aromatic heterocycles. The molecule has 1 aromatic carbocycles. The van der Waals surface area contributed by atoms with Crippen LogP contribution < -0.4 is 5.32 Å². The summed E-state index contributed by atoms with van der Waals surface area (Å²) >= 11 is 0. The van der Waals surface area contributed by atoms with Gasteiger partial charge in [-0.05, 0) is 30.2 Å². The zero-order valence-corrected chi connectivity index (χ0v) is 11.8. The van der Waals surface area contributed by atoms with Gasteiger partial charge in [0, 0.05) is 11.8 Å². The molecule has 2 aromatic rings. The Bertz CT molecular complexity index is 699. The number of nitrogens with zero attached hydrogens (tertiary/aromatic N) is 1. The van der Waals surface area contributed by atoms with Crippen molar-refractivity contribution in [3.8, 4) is 11.8 Å². The molecule has 4 nitrogen and oxygen atoms in total. The van der Waals surface area contributed by atoms with Gasteiger partial charge in [-0.25, -0.2) is 4.98 Å². The topological polar surface area (TPSA) is 62.2 Å². The summed E-state index contributed by atoms with van der Waals surface area (Å²) in [6, 6.07) is 11.2. The molecule has 1 amide bonds. The highest BCUT2D eigenvalue weighted by atomic mass is 16.2. The highest BCUT2D eigenvalue weighted by Gasteiger charge is 2.06. The van der Waals surface area contributed by atoms with E-state index >= 15 is 0 Å². The number of aliphatic hydroxyl groups is 1. The molecule has 0 atom stereocenters. The molecule has 2 N–H and O–H groups in total. The zero-order valence-electron chi connectivity index (χ0n) is 11.8. The van der Waals surface area contributed by atoms with Crippen molar-refractivity contribution in [1.29, 1.82) is 0 Å². The first-order chi connectivity index (χ1) is 10.2. The summed E-state index contributed by atoms with van der Waals surface area (Å²) < 4.78 is 0. The lowest BCUT2D eigenvalue weighted by atomic mass is 10.1. The Hall–Kier alpha value is -2.64. The van der Waals surface area contributed by atoms with Crippen LogP contribution in [0.3, 0.4) is 0 Å². The molecule has 1 heterocycles. The molecule has 0 aliphatic rings. The van der Waals surface area contributed by atoms with Crippen molar-refractivity contribution in [3.05, 3.63) is 59.3 Å². The van der Waals surface area contributed by atoms with Crippen LogP contribution in [0.1, 0.15) is 16.7 Å². The van der Waals surface area contributed by atoms with Crippen LogP contribution in [0, 0.1) is 18.8 Å². The Morgan fingerprint density at radius 3 is 2.90 bits per heavy atom. The van der Waals surface area contributed by atoms with Gasteiger partial charge in [0.15, 0.2) is 0 Å². The minimum absolute atomic E-state index is 0.121. The van der Waals surface area contributed by atoms with Crippen molar-refractivity contribution in [1.82, 2.24) is 4.98 Å². The van der Waals surface area contributed by atoms with E-state index in [9.17, 15) is 4.79 Å². The molecule has 0 aliphatic carbocycles. The monoisotopic (exact) mass is 280 g/mol. The molecular weight excluding hydrogens is 264 g/mol. The summed E-state index contributed by atoms with van der Waals surface area (Å²) in [5.74, 6) is 5.67. The summed E-state index contributed by atoms with van der Waals surface area (Å²) in [5.41, 5.74) is 2.78. The maximum absolute atomic E-state index is 12.0. The van der Waals surface area contributed by atoms with E-state index in [1.165, 1.54) is 0 Å². The average Bonchev–Trinajstić information content (AvgIpc) is 2.48. The molecule has 0 radical (unpaired) electrons. The largest absolute Gasteiger partial charge is 0.384 e. The Kier molecular flexibility index (Phi) is 5.08. The van der Waals surface area contributed by atoms with Gasteiger partial charge in [0.1, 0.15) is 12.4 Å². The lowest BCUT2D eigenvalue weighted by molar-refractivity contribution is -0.115. The smallest absolute Gasteiger partial charge is 0.229 e. The number of benzene rings is 1. The molecule has 0 aliphatic heterocycles. The van der Waals surface area contributed by atoms with Gasteiger partial charge in [0.25, 0.3) is 0 Å². The van der Waals surface area contributed by atoms with Crippen molar-refractivity contribution in [2.45, 2.75) is 13.3 Å². The number of carbonyl (C=O) groups excluding carboxylic acids is 1. The number of aromatic nitrogens is 1. The second-order valence-electron chi connectivity index (χ2n) is 4.54. The number of carbonyl (C=O) groups is 1. The summed E-state index contributed by atoms with van der Waals surface area (Å²) in [6.45, 7) is 1.78. The summed E-state index contributed by atoms with van der Waals surface area (Å²) in [4.78, 5) is 16.1. The molecule has 2 rings (SSSR count). The van der Waals surface area contributed by atoms with E-state index < -0.39 is 0 Å². The fourth-order valence-electron chi connectivity index (χ4n) is 1.89. The van der Waals surface area contributed by atoms with Crippen LogP contribution in [-0.4, -0.2) is 22.6 Å². The number of amides is 1. The van der Waals surface area contributed by atoms with Gasteiger partial charge in [0.05, 0.1) is 6.42 Å². The van der Waals surface area contributed by atoms with E-state index in [4.69, 9.17) is 5.11 Å². The molecule has 0 spiro atoms. The van der Waals surface area contributed by atoms with Crippen molar-refractivity contribution in [2.24, 2.45) is 0 Å². The van der Waals surface area contributed by atoms with E-state index in [-0.39, 0.29) is 12.5 Å². The maximum Gasteiger partial charge on any atom is 0.229 e. The molecule has 106 valence electrons. The molecule has 0 unspecified atom stereocenters. The van der Waals surface area contributed by atoms with E-state index in [0.29, 0.717) is 17.8 Å². The number of hydrogen-bond acceptors (Lipinski definition) is 3. The first kappa shape index (κ1) is 14.8. The summed E-state index contributed by atoms with van der Waals surface area (Å²) in [7, 11) is 0. The standard InChI is InChI=1S/C17H16N2O2/c1-13-5-2-3-7-15(13)12-17(21)19-16-11-14(6-4-10-20)8-9-18-16/h2-3,5,7-9,11,20H,10,12H2,1H3,(H,18,19,21). The van der Waals surface area contributed by atoms with E-state index in [1.54, 1.807) is 18.3 Å². The Balaban J connectivity index is 2.04. The zero-order chi connectivity index (χ0) is 15.1. The SMILES string of the molecule is Cc1ccccc1CC(=O)Nc1cc(C#CCO)ccn1. The number of anilines is 1. The first-order valence-electron chi connectivity index (χ1n) is 6.59. The third-order valence-electron chi connectivity index (χ3n) is 2.95. The molecule has 0 fully saturated rings. The molecule has 0 bridgehead atoms. The van der Waals surface area contributed by atoms with Crippen molar-refractivity contribution >= 4 is 11.7 Å².